The molecule has 2 aliphatic carbocycles. The Bertz CT molecular complexity index is 381. The van der Waals surface area contributed by atoms with E-state index in [9.17, 15) is 5.11 Å². The molecule has 3 rings (SSSR count). The van der Waals surface area contributed by atoms with Gasteiger partial charge in [-0.2, -0.15) is 0 Å². The van der Waals surface area contributed by atoms with Crippen LogP contribution in [-0.2, 0) is 0 Å². The highest BCUT2D eigenvalue weighted by molar-refractivity contribution is 5.38. The fraction of sp³-hybridized carbons (Fsp3) is 0.385. The third-order valence-electron chi connectivity index (χ3n) is 3.62. The molecule has 1 N–H and O–H groups in total. The average Bonchev–Trinajstić information content (AvgIpc) is 2.79. The molecule has 1 aromatic carbocycles. The zero-order valence-electron chi connectivity index (χ0n) is 8.06. The summed E-state index contributed by atoms with van der Waals surface area (Å²) in [4.78, 5) is 0. The second-order valence-electron chi connectivity index (χ2n) is 4.45. The van der Waals surface area contributed by atoms with Gasteiger partial charge in [-0.05, 0) is 42.2 Å². The number of aromatic hydroxyl groups is 1. The summed E-state index contributed by atoms with van der Waals surface area (Å²) in [5.41, 5.74) is 1.14. The fourth-order valence-electron chi connectivity index (χ4n) is 2.94. The van der Waals surface area contributed by atoms with Gasteiger partial charge in [0.25, 0.3) is 0 Å². The molecular formula is C13H14O. The van der Waals surface area contributed by atoms with E-state index in [1.807, 2.05) is 12.1 Å². The number of benzene rings is 1. The minimum absolute atomic E-state index is 0.471. The number of allylic oxidation sites excluding steroid dienone is 2. The molecule has 0 heterocycles. The van der Waals surface area contributed by atoms with E-state index >= 15 is 0 Å². The normalized spacial score (nSPS) is 33.9. The molecule has 0 radical (unpaired) electrons. The van der Waals surface area contributed by atoms with Crippen molar-refractivity contribution in [3.63, 3.8) is 0 Å². The van der Waals surface area contributed by atoms with Gasteiger partial charge in [-0.1, -0.05) is 30.4 Å². The molecule has 2 bridgehead atoms. The summed E-state index contributed by atoms with van der Waals surface area (Å²) in [5.74, 6) is 2.47. The molecule has 72 valence electrons. The van der Waals surface area contributed by atoms with Crippen LogP contribution >= 0.6 is 0 Å². The molecule has 0 saturated heterocycles. The number of hydrogen-bond acceptors (Lipinski definition) is 1. The van der Waals surface area contributed by atoms with Crippen molar-refractivity contribution in [2.45, 2.75) is 18.8 Å². The molecule has 1 heteroatoms. The predicted octanol–water partition coefficient (Wildman–Crippen LogP) is 3.07. The molecule has 3 unspecified atom stereocenters. The van der Waals surface area contributed by atoms with Gasteiger partial charge in [0.15, 0.2) is 0 Å². The highest BCUT2D eigenvalue weighted by Gasteiger charge is 2.37. The molecule has 0 aliphatic heterocycles. The Morgan fingerprint density at radius 3 is 2.57 bits per heavy atom. The zero-order valence-corrected chi connectivity index (χ0v) is 8.06. The van der Waals surface area contributed by atoms with Crippen LogP contribution in [0.1, 0.15) is 24.3 Å². The van der Waals surface area contributed by atoms with Crippen molar-refractivity contribution < 1.29 is 5.11 Å². The number of para-hydroxylation sites is 1. The lowest BCUT2D eigenvalue weighted by Crippen LogP contribution is -2.04. The Labute approximate surface area is 84.1 Å². The summed E-state index contributed by atoms with van der Waals surface area (Å²) in [6.45, 7) is 0. The third-order valence-corrected chi connectivity index (χ3v) is 3.62. The van der Waals surface area contributed by atoms with Gasteiger partial charge in [0.2, 0.25) is 0 Å². The maximum Gasteiger partial charge on any atom is 0.119 e. The average molecular weight is 186 g/mol. The van der Waals surface area contributed by atoms with Gasteiger partial charge in [-0.3, -0.25) is 0 Å². The molecule has 1 fully saturated rings. The van der Waals surface area contributed by atoms with Crippen LogP contribution in [0.2, 0.25) is 0 Å². The quantitative estimate of drug-likeness (QED) is 0.668. The van der Waals surface area contributed by atoms with E-state index in [1.54, 1.807) is 6.07 Å². The molecule has 1 nitrogen and oxygen atoms in total. The number of phenols is 1. The zero-order chi connectivity index (χ0) is 9.54. The summed E-state index contributed by atoms with van der Waals surface area (Å²) in [5, 5.41) is 9.77. The van der Waals surface area contributed by atoms with Gasteiger partial charge >= 0.3 is 0 Å². The number of hydrogen-bond donors (Lipinski definition) is 1. The van der Waals surface area contributed by atoms with Crippen molar-refractivity contribution in [2.24, 2.45) is 11.8 Å². The van der Waals surface area contributed by atoms with Crippen LogP contribution in [0.3, 0.4) is 0 Å². The maximum atomic E-state index is 9.77. The van der Waals surface area contributed by atoms with Gasteiger partial charge in [-0.25, -0.2) is 0 Å². The van der Waals surface area contributed by atoms with Gasteiger partial charge in [0, 0.05) is 0 Å². The minimum atomic E-state index is 0.471. The van der Waals surface area contributed by atoms with E-state index < -0.39 is 0 Å². The Balaban J connectivity index is 1.97. The summed E-state index contributed by atoms with van der Waals surface area (Å²) in [6, 6.07) is 7.77. The predicted molar refractivity (Wildman–Crippen MR) is 56.2 cm³/mol. The van der Waals surface area contributed by atoms with Gasteiger partial charge in [-0.15, -0.1) is 0 Å². The summed E-state index contributed by atoms with van der Waals surface area (Å²) in [6.07, 6.45) is 7.17. The van der Waals surface area contributed by atoms with Crippen LogP contribution in [0, 0.1) is 11.8 Å². The molecule has 2 aliphatic rings. The first kappa shape index (κ1) is 8.10. The number of phenolic OH excluding ortho intramolecular Hbond substituents is 1. The van der Waals surface area contributed by atoms with Crippen molar-refractivity contribution in [1.82, 2.24) is 0 Å². The molecule has 0 amide bonds. The van der Waals surface area contributed by atoms with Crippen molar-refractivity contribution in [3.05, 3.63) is 42.0 Å². The third kappa shape index (κ3) is 1.08. The van der Waals surface area contributed by atoms with Crippen LogP contribution < -0.4 is 0 Å². The highest BCUT2D eigenvalue weighted by Crippen LogP contribution is 2.50. The fourth-order valence-corrected chi connectivity index (χ4v) is 2.94. The first-order valence-corrected chi connectivity index (χ1v) is 5.31. The van der Waals surface area contributed by atoms with Crippen LogP contribution in [0.15, 0.2) is 36.4 Å². The first-order valence-electron chi connectivity index (χ1n) is 5.31. The van der Waals surface area contributed by atoms with Crippen LogP contribution in [0.25, 0.3) is 0 Å². The topological polar surface area (TPSA) is 20.2 Å². The molecule has 0 spiro atoms. The highest BCUT2D eigenvalue weighted by atomic mass is 16.3. The van der Waals surface area contributed by atoms with Gasteiger partial charge in [0.05, 0.1) is 0 Å². The second-order valence-corrected chi connectivity index (χ2v) is 4.45. The maximum absolute atomic E-state index is 9.77. The lowest BCUT2D eigenvalue weighted by atomic mass is 9.86. The second kappa shape index (κ2) is 2.88. The Kier molecular flexibility index (Phi) is 1.66. The lowest BCUT2D eigenvalue weighted by Gasteiger charge is -2.19. The Hall–Kier alpha value is -1.24. The monoisotopic (exact) mass is 186 g/mol. The molecular weight excluding hydrogens is 172 g/mol. The van der Waals surface area contributed by atoms with Crippen LogP contribution in [0.5, 0.6) is 5.75 Å². The van der Waals surface area contributed by atoms with E-state index in [1.165, 1.54) is 12.8 Å². The van der Waals surface area contributed by atoms with Crippen molar-refractivity contribution >= 4 is 0 Å². The number of rotatable bonds is 1. The summed E-state index contributed by atoms with van der Waals surface area (Å²) >= 11 is 0. The lowest BCUT2D eigenvalue weighted by molar-refractivity contribution is 0.452. The smallest absolute Gasteiger partial charge is 0.119 e. The van der Waals surface area contributed by atoms with E-state index in [2.05, 4.69) is 18.2 Å². The summed E-state index contributed by atoms with van der Waals surface area (Å²) in [7, 11) is 0. The van der Waals surface area contributed by atoms with E-state index in [0.717, 1.165) is 11.5 Å². The van der Waals surface area contributed by atoms with Crippen LogP contribution in [-0.4, -0.2) is 5.11 Å². The molecule has 3 atom stereocenters. The van der Waals surface area contributed by atoms with Gasteiger partial charge < -0.3 is 5.11 Å². The Morgan fingerprint density at radius 1 is 1.07 bits per heavy atom. The number of fused-ring (bicyclic) bond motifs is 2. The molecule has 14 heavy (non-hydrogen) atoms. The van der Waals surface area contributed by atoms with Crippen molar-refractivity contribution in [1.29, 1.82) is 0 Å². The van der Waals surface area contributed by atoms with Crippen LogP contribution in [0.4, 0.5) is 0 Å². The minimum Gasteiger partial charge on any atom is -0.508 e. The largest absolute Gasteiger partial charge is 0.508 e. The van der Waals surface area contributed by atoms with E-state index in [4.69, 9.17) is 0 Å². The standard InChI is InChI=1S/C13H14O/c14-13-4-2-1-3-11(13)12-8-9-5-6-10(12)7-9/h1-6,9-10,12,14H,7-8H2. The summed E-state index contributed by atoms with van der Waals surface area (Å²) < 4.78 is 0. The molecule has 1 aromatic rings. The van der Waals surface area contributed by atoms with Crippen molar-refractivity contribution in [3.8, 4) is 5.75 Å². The SMILES string of the molecule is Oc1ccccc1C1CC2C=CC1C2. The van der Waals surface area contributed by atoms with E-state index in [0.29, 0.717) is 17.6 Å². The first-order chi connectivity index (χ1) is 6.84. The molecule has 1 saturated carbocycles. The molecule has 0 aromatic heterocycles. The Morgan fingerprint density at radius 2 is 1.93 bits per heavy atom. The van der Waals surface area contributed by atoms with E-state index in [-0.39, 0.29) is 0 Å². The van der Waals surface area contributed by atoms with Gasteiger partial charge in [0.1, 0.15) is 5.75 Å². The van der Waals surface area contributed by atoms with Crippen molar-refractivity contribution in [2.75, 3.05) is 0 Å².